The number of hydrogen-bond acceptors (Lipinski definition) is 7. The van der Waals surface area contributed by atoms with Crippen molar-refractivity contribution in [1.82, 2.24) is 0 Å². The number of phosphoric ester groups is 1. The fourth-order valence-corrected chi connectivity index (χ4v) is 9.78. The van der Waals surface area contributed by atoms with Gasteiger partial charge in [0, 0.05) is 13.0 Å². The van der Waals surface area contributed by atoms with Gasteiger partial charge in [0.1, 0.15) is 19.3 Å². The van der Waals surface area contributed by atoms with Crippen LogP contribution < -0.4 is 4.89 Å². The predicted octanol–water partition coefficient (Wildman–Crippen LogP) is 18.8. The molecule has 0 heterocycles. The van der Waals surface area contributed by atoms with Crippen LogP contribution in [-0.2, 0) is 27.9 Å². The van der Waals surface area contributed by atoms with Crippen LogP contribution in [0.4, 0.5) is 0 Å². The molecule has 416 valence electrons. The highest BCUT2D eigenvalue weighted by Gasteiger charge is 2.20. The molecule has 0 amide bonds. The largest absolute Gasteiger partial charge is 0.756 e. The summed E-state index contributed by atoms with van der Waals surface area (Å²) in [4.78, 5) is 25.3. The van der Waals surface area contributed by atoms with Gasteiger partial charge in [-0.05, 0) is 44.9 Å². The van der Waals surface area contributed by atoms with Gasteiger partial charge in [-0.3, -0.25) is 9.36 Å². The number of quaternary nitrogens is 1. The molecule has 0 aliphatic heterocycles. The fraction of sp³-hybridized carbons (Fsp3) is 0.918. The predicted molar refractivity (Wildman–Crippen MR) is 301 cm³/mol. The van der Waals surface area contributed by atoms with Crippen LogP contribution in [0.15, 0.2) is 24.3 Å². The molecule has 0 saturated heterocycles. The number of allylic oxidation sites excluding steroid dienone is 4. The third kappa shape index (κ3) is 57.9. The number of phosphoric acid groups is 1. The van der Waals surface area contributed by atoms with Crippen LogP contribution in [0.5, 0.6) is 0 Å². The molecule has 0 radical (unpaired) electrons. The van der Waals surface area contributed by atoms with Gasteiger partial charge in [0.05, 0.1) is 34.4 Å². The van der Waals surface area contributed by atoms with Crippen molar-refractivity contribution in [2.75, 3.05) is 54.1 Å². The summed E-state index contributed by atoms with van der Waals surface area (Å²) in [7, 11) is 1.37. The minimum atomic E-state index is -4.53. The summed E-state index contributed by atoms with van der Waals surface area (Å²) in [6, 6.07) is 0. The molecule has 0 fully saturated rings. The van der Waals surface area contributed by atoms with Crippen LogP contribution in [-0.4, -0.2) is 70.7 Å². The highest BCUT2D eigenvalue weighted by Crippen LogP contribution is 2.38. The van der Waals surface area contributed by atoms with Crippen LogP contribution in [0.25, 0.3) is 0 Å². The molecule has 0 N–H and O–H groups in total. The summed E-state index contributed by atoms with van der Waals surface area (Å²) in [5.41, 5.74) is 0. The van der Waals surface area contributed by atoms with E-state index in [9.17, 15) is 14.3 Å². The van der Waals surface area contributed by atoms with Gasteiger partial charge in [-0.1, -0.05) is 276 Å². The van der Waals surface area contributed by atoms with Crippen LogP contribution >= 0.6 is 7.82 Å². The van der Waals surface area contributed by atoms with E-state index in [-0.39, 0.29) is 25.8 Å². The molecule has 0 bridgehead atoms. The Hall–Kier alpha value is -1.02. The van der Waals surface area contributed by atoms with E-state index in [1.54, 1.807) is 0 Å². The Labute approximate surface area is 436 Å². The number of esters is 1. The average molecular weight is 1010 g/mol. The van der Waals surface area contributed by atoms with Crippen molar-refractivity contribution < 1.29 is 37.3 Å². The Morgan fingerprint density at radius 1 is 0.443 bits per heavy atom. The van der Waals surface area contributed by atoms with Crippen molar-refractivity contribution in [3.05, 3.63) is 24.3 Å². The summed E-state index contributed by atoms with van der Waals surface area (Å²) < 4.78 is 34.9. The molecule has 2 unspecified atom stereocenters. The molecule has 0 rings (SSSR count). The molecule has 0 aliphatic carbocycles. The normalized spacial score (nSPS) is 13.5. The highest BCUT2D eigenvalue weighted by atomic mass is 31.2. The molecular formula is C61H120NO7P. The average Bonchev–Trinajstić information content (AvgIpc) is 3.32. The second-order valence-corrected chi connectivity index (χ2v) is 23.5. The number of unbranched alkanes of at least 4 members (excludes halogenated alkanes) is 40. The second-order valence-electron chi connectivity index (χ2n) is 22.1. The number of nitrogens with zero attached hydrogens (tertiary/aromatic N) is 1. The number of carbonyl (C=O) groups is 1. The van der Waals surface area contributed by atoms with Crippen molar-refractivity contribution in [1.29, 1.82) is 0 Å². The van der Waals surface area contributed by atoms with E-state index in [2.05, 4.69) is 38.2 Å². The van der Waals surface area contributed by atoms with E-state index in [0.29, 0.717) is 24.1 Å². The van der Waals surface area contributed by atoms with Crippen molar-refractivity contribution >= 4 is 13.8 Å². The summed E-state index contributed by atoms with van der Waals surface area (Å²) in [5, 5.41) is 0. The van der Waals surface area contributed by atoms with E-state index < -0.39 is 13.9 Å². The Kier molecular flexibility index (Phi) is 53.5. The zero-order chi connectivity index (χ0) is 51.2. The number of ether oxygens (including phenoxy) is 2. The van der Waals surface area contributed by atoms with Gasteiger partial charge in [-0.25, -0.2) is 0 Å². The first-order valence-corrected chi connectivity index (χ1v) is 32.0. The van der Waals surface area contributed by atoms with Crippen LogP contribution in [0.2, 0.25) is 0 Å². The zero-order valence-corrected chi connectivity index (χ0v) is 48.4. The molecule has 0 aliphatic rings. The van der Waals surface area contributed by atoms with Gasteiger partial charge in [0.15, 0.2) is 0 Å². The Bertz CT molecular complexity index is 1170. The molecule has 0 spiro atoms. The van der Waals surface area contributed by atoms with E-state index in [0.717, 1.165) is 38.5 Å². The molecule has 9 heteroatoms. The summed E-state index contributed by atoms with van der Waals surface area (Å²) in [5.74, 6) is -0.329. The van der Waals surface area contributed by atoms with E-state index in [1.165, 1.54) is 244 Å². The molecule has 0 aromatic carbocycles. The lowest BCUT2D eigenvalue weighted by atomic mass is 10.0. The van der Waals surface area contributed by atoms with Gasteiger partial charge < -0.3 is 27.9 Å². The Balaban J connectivity index is 4.00. The van der Waals surface area contributed by atoms with E-state index in [1.807, 2.05) is 21.1 Å². The standard InChI is InChI=1S/C61H120NO7P/c1-6-8-10-12-14-16-18-20-22-24-26-28-30-31-33-35-37-39-41-43-45-47-49-51-53-56-66-58-60(59-68-70(64,65)67-57-55-62(3,4)5)69-61(63)54-52-50-48-46-44-42-40-38-36-34-32-29-27-25-23-21-19-17-15-13-11-9-7-2/h19,21,25,27,60H,6-18,20,22-24,26,28-59H2,1-5H3/b21-19-,27-25-. The lowest BCUT2D eigenvalue weighted by Gasteiger charge is -2.28. The zero-order valence-electron chi connectivity index (χ0n) is 47.5. The number of likely N-dealkylation sites (N-methyl/N-ethyl adjacent to an activating group) is 1. The lowest BCUT2D eigenvalue weighted by molar-refractivity contribution is -0.870. The van der Waals surface area contributed by atoms with Gasteiger partial charge in [-0.2, -0.15) is 0 Å². The van der Waals surface area contributed by atoms with Crippen LogP contribution in [0, 0.1) is 0 Å². The quantitative estimate of drug-likeness (QED) is 0.0197. The Morgan fingerprint density at radius 2 is 0.786 bits per heavy atom. The molecule has 0 aromatic heterocycles. The molecule has 70 heavy (non-hydrogen) atoms. The monoisotopic (exact) mass is 1010 g/mol. The van der Waals surface area contributed by atoms with Gasteiger partial charge in [0.25, 0.3) is 7.82 Å². The van der Waals surface area contributed by atoms with Gasteiger partial charge in [0.2, 0.25) is 0 Å². The summed E-state index contributed by atoms with van der Waals surface area (Å²) in [6.07, 6.45) is 66.6. The number of rotatable bonds is 58. The lowest BCUT2D eigenvalue weighted by Crippen LogP contribution is -2.37. The Morgan fingerprint density at radius 3 is 1.16 bits per heavy atom. The third-order valence-corrected chi connectivity index (χ3v) is 14.7. The van der Waals surface area contributed by atoms with Gasteiger partial charge in [-0.15, -0.1) is 0 Å². The van der Waals surface area contributed by atoms with Crippen LogP contribution in [0.3, 0.4) is 0 Å². The molecule has 8 nitrogen and oxygen atoms in total. The SMILES string of the molecule is CCCCCCC/C=C\C/C=C\CCCCCCCCCCCCCC(=O)OC(COCCCCCCCCCCCCCCCCCCCCCCCCCCC)COP(=O)([O-])OCC[N+](C)(C)C. The fourth-order valence-electron chi connectivity index (χ4n) is 9.05. The first-order chi connectivity index (χ1) is 34.1. The van der Waals surface area contributed by atoms with E-state index >= 15 is 0 Å². The molecule has 0 saturated carbocycles. The minimum absolute atomic E-state index is 0.0286. The first kappa shape index (κ1) is 69.0. The highest BCUT2D eigenvalue weighted by molar-refractivity contribution is 7.45. The summed E-state index contributed by atoms with van der Waals surface area (Å²) in [6.45, 7) is 5.48. The van der Waals surface area contributed by atoms with Crippen molar-refractivity contribution in [3.63, 3.8) is 0 Å². The second kappa shape index (κ2) is 54.2. The maximum absolute atomic E-state index is 12.8. The molecular weight excluding hydrogens is 890 g/mol. The smallest absolute Gasteiger partial charge is 0.306 e. The number of hydrogen-bond donors (Lipinski definition) is 0. The maximum atomic E-state index is 12.8. The van der Waals surface area contributed by atoms with Crippen molar-refractivity contribution in [3.8, 4) is 0 Å². The molecule has 0 aromatic rings. The summed E-state index contributed by atoms with van der Waals surface area (Å²) >= 11 is 0. The van der Waals surface area contributed by atoms with Crippen molar-refractivity contribution in [2.24, 2.45) is 0 Å². The van der Waals surface area contributed by atoms with E-state index in [4.69, 9.17) is 18.5 Å². The first-order valence-electron chi connectivity index (χ1n) is 30.6. The third-order valence-electron chi connectivity index (χ3n) is 13.8. The van der Waals surface area contributed by atoms with Crippen LogP contribution in [0.1, 0.15) is 303 Å². The van der Waals surface area contributed by atoms with Crippen molar-refractivity contribution in [2.45, 2.75) is 309 Å². The minimum Gasteiger partial charge on any atom is -0.756 e. The van der Waals surface area contributed by atoms with Gasteiger partial charge >= 0.3 is 5.97 Å². The topological polar surface area (TPSA) is 94.1 Å². The number of carbonyl (C=O) groups excluding carboxylic acids is 1. The maximum Gasteiger partial charge on any atom is 0.306 e. The molecule has 2 atom stereocenters.